The van der Waals surface area contributed by atoms with Gasteiger partial charge in [0.2, 0.25) is 0 Å². The minimum absolute atomic E-state index is 0.0794. The molecule has 1 saturated heterocycles. The van der Waals surface area contributed by atoms with E-state index in [4.69, 9.17) is 4.74 Å². The first-order valence-electron chi connectivity index (χ1n) is 9.84. The van der Waals surface area contributed by atoms with Crippen LogP contribution in [-0.4, -0.2) is 36.6 Å². The number of Topliss-reactive ketones (excluding diaryl/α,β-unsaturated/α-hetero) is 1. The topological polar surface area (TPSA) is 54.5 Å². The maximum atomic E-state index is 11.8. The molecule has 150 valence electrons. The molecule has 0 radical (unpaired) electrons. The van der Waals surface area contributed by atoms with Crippen LogP contribution in [0.15, 0.2) is 54.6 Å². The third kappa shape index (κ3) is 4.66. The average Bonchev–Trinajstić information content (AvgIpc) is 3.11. The number of hydrogen-bond donors (Lipinski definition) is 1. The molecule has 0 saturated carbocycles. The number of ketones is 1. The fourth-order valence-electron chi connectivity index (χ4n) is 3.64. The molecule has 1 N–H and O–H groups in total. The number of hydrogen-bond acceptors (Lipinski definition) is 6. The molecule has 0 amide bonds. The number of aryl methyl sites for hydroxylation is 1. The predicted molar refractivity (Wildman–Crippen MR) is 119 cm³/mol. The van der Waals surface area contributed by atoms with Crippen LogP contribution in [0.25, 0.3) is 0 Å². The van der Waals surface area contributed by atoms with Crippen molar-refractivity contribution < 1.29 is 9.53 Å². The zero-order chi connectivity index (χ0) is 20.2. The van der Waals surface area contributed by atoms with Gasteiger partial charge in [0.05, 0.1) is 29.8 Å². The zero-order valence-corrected chi connectivity index (χ0v) is 17.5. The Bertz CT molecular complexity index is 987. The molecule has 1 aliphatic rings. The standard InChI is InChI=1S/C23H25N3O2S/c1-16-22(17(2)27)29-23(24-16)26-11-12-28-15-21(26)14-18-7-6-10-20(13-18)25-19-8-4-3-5-9-19/h3-10,13,21,25H,11-12,14-15H2,1-2H3. The number of rotatable bonds is 6. The van der Waals surface area contributed by atoms with Crippen molar-refractivity contribution in [3.05, 3.63) is 70.7 Å². The number of ether oxygens (including phenoxy) is 1. The number of anilines is 3. The van der Waals surface area contributed by atoms with E-state index < -0.39 is 0 Å². The summed E-state index contributed by atoms with van der Waals surface area (Å²) in [6.07, 6.45) is 0.859. The van der Waals surface area contributed by atoms with Gasteiger partial charge in [-0.25, -0.2) is 4.98 Å². The van der Waals surface area contributed by atoms with E-state index in [2.05, 4.69) is 51.6 Å². The van der Waals surface area contributed by atoms with E-state index in [0.29, 0.717) is 13.2 Å². The third-order valence-corrected chi connectivity index (χ3v) is 6.33. The Morgan fingerprint density at radius 1 is 1.21 bits per heavy atom. The highest BCUT2D eigenvalue weighted by molar-refractivity contribution is 7.17. The van der Waals surface area contributed by atoms with Crippen molar-refractivity contribution in [2.45, 2.75) is 26.3 Å². The second kappa shape index (κ2) is 8.76. The highest BCUT2D eigenvalue weighted by atomic mass is 32.1. The molecular formula is C23H25N3O2S. The minimum atomic E-state index is 0.0794. The van der Waals surface area contributed by atoms with Gasteiger partial charge in [0.1, 0.15) is 0 Å². The SMILES string of the molecule is CC(=O)c1sc(N2CCOCC2Cc2cccc(Nc3ccccc3)c2)nc1C. The van der Waals surface area contributed by atoms with Crippen LogP contribution < -0.4 is 10.2 Å². The Morgan fingerprint density at radius 3 is 2.76 bits per heavy atom. The van der Waals surface area contributed by atoms with Gasteiger partial charge in [-0.05, 0) is 43.2 Å². The molecule has 3 aromatic rings. The lowest BCUT2D eigenvalue weighted by molar-refractivity contribution is 0.0940. The molecule has 0 spiro atoms. The van der Waals surface area contributed by atoms with Crippen molar-refractivity contribution in [1.29, 1.82) is 0 Å². The number of carbonyl (C=O) groups is 1. The maximum absolute atomic E-state index is 11.8. The van der Waals surface area contributed by atoms with Gasteiger partial charge in [0.15, 0.2) is 10.9 Å². The van der Waals surface area contributed by atoms with E-state index in [-0.39, 0.29) is 11.8 Å². The summed E-state index contributed by atoms with van der Waals surface area (Å²) in [7, 11) is 0. The van der Waals surface area contributed by atoms with Crippen molar-refractivity contribution in [3.63, 3.8) is 0 Å². The summed E-state index contributed by atoms with van der Waals surface area (Å²) in [4.78, 5) is 19.6. The lowest BCUT2D eigenvalue weighted by Gasteiger charge is -2.35. The summed E-state index contributed by atoms with van der Waals surface area (Å²) in [5.41, 5.74) is 4.20. The van der Waals surface area contributed by atoms with E-state index >= 15 is 0 Å². The Balaban J connectivity index is 1.52. The first-order valence-corrected chi connectivity index (χ1v) is 10.7. The van der Waals surface area contributed by atoms with Crippen molar-refractivity contribution in [3.8, 4) is 0 Å². The van der Waals surface area contributed by atoms with Crippen LogP contribution >= 0.6 is 11.3 Å². The molecule has 1 aromatic heterocycles. The van der Waals surface area contributed by atoms with Gasteiger partial charge in [0.25, 0.3) is 0 Å². The smallest absolute Gasteiger partial charge is 0.186 e. The number of para-hydroxylation sites is 1. The van der Waals surface area contributed by atoms with Crippen molar-refractivity contribution in [2.75, 3.05) is 30.0 Å². The van der Waals surface area contributed by atoms with Crippen molar-refractivity contribution >= 4 is 33.6 Å². The summed E-state index contributed by atoms with van der Waals surface area (Å²) < 4.78 is 5.77. The minimum Gasteiger partial charge on any atom is -0.377 e. The van der Waals surface area contributed by atoms with E-state index in [1.54, 1.807) is 6.92 Å². The first kappa shape index (κ1) is 19.6. The molecule has 29 heavy (non-hydrogen) atoms. The summed E-state index contributed by atoms with van der Waals surface area (Å²) >= 11 is 1.49. The molecule has 0 aliphatic carbocycles. The molecule has 1 aliphatic heterocycles. The van der Waals surface area contributed by atoms with Crippen LogP contribution in [0, 0.1) is 6.92 Å². The van der Waals surface area contributed by atoms with Crippen LogP contribution in [0.2, 0.25) is 0 Å². The van der Waals surface area contributed by atoms with Gasteiger partial charge in [-0.3, -0.25) is 4.79 Å². The highest BCUT2D eigenvalue weighted by Gasteiger charge is 2.27. The molecule has 1 atom stereocenters. The summed E-state index contributed by atoms with van der Waals surface area (Å²) in [6.45, 7) is 5.64. The molecule has 0 bridgehead atoms. The lowest BCUT2D eigenvalue weighted by Crippen LogP contribution is -2.46. The lowest BCUT2D eigenvalue weighted by atomic mass is 10.0. The van der Waals surface area contributed by atoms with Crippen LogP contribution in [0.4, 0.5) is 16.5 Å². The maximum Gasteiger partial charge on any atom is 0.186 e. The molecule has 2 aromatic carbocycles. The Morgan fingerprint density at radius 2 is 2.00 bits per heavy atom. The number of thiazole rings is 1. The summed E-state index contributed by atoms with van der Waals surface area (Å²) in [5, 5.41) is 4.37. The van der Waals surface area contributed by atoms with Gasteiger partial charge in [-0.2, -0.15) is 0 Å². The molecule has 1 fully saturated rings. The van der Waals surface area contributed by atoms with Crippen LogP contribution in [0.3, 0.4) is 0 Å². The number of nitrogens with one attached hydrogen (secondary N) is 1. The summed E-state index contributed by atoms with van der Waals surface area (Å²) in [6, 6.07) is 18.9. The van der Waals surface area contributed by atoms with Crippen molar-refractivity contribution in [2.24, 2.45) is 0 Å². The Kier molecular flexibility index (Phi) is 5.92. The van der Waals surface area contributed by atoms with Crippen LogP contribution in [0.5, 0.6) is 0 Å². The second-order valence-corrected chi connectivity index (χ2v) is 8.26. The molecular weight excluding hydrogens is 382 g/mol. The van der Waals surface area contributed by atoms with Gasteiger partial charge < -0.3 is 15.0 Å². The van der Waals surface area contributed by atoms with Crippen molar-refractivity contribution in [1.82, 2.24) is 4.98 Å². The molecule has 6 heteroatoms. The fourth-order valence-corrected chi connectivity index (χ4v) is 4.70. The van der Waals surface area contributed by atoms with E-state index in [9.17, 15) is 4.79 Å². The second-order valence-electron chi connectivity index (χ2n) is 7.28. The Hall–Kier alpha value is -2.70. The summed E-state index contributed by atoms with van der Waals surface area (Å²) in [5.74, 6) is 0.0794. The van der Waals surface area contributed by atoms with Gasteiger partial charge in [0, 0.05) is 24.8 Å². The van der Waals surface area contributed by atoms with Crippen LogP contribution in [-0.2, 0) is 11.2 Å². The van der Waals surface area contributed by atoms with Crippen LogP contribution in [0.1, 0.15) is 27.9 Å². The van der Waals surface area contributed by atoms with Gasteiger partial charge >= 0.3 is 0 Å². The average molecular weight is 408 g/mol. The quantitative estimate of drug-likeness (QED) is 0.592. The molecule has 1 unspecified atom stereocenters. The van der Waals surface area contributed by atoms with Gasteiger partial charge in [-0.1, -0.05) is 41.7 Å². The highest BCUT2D eigenvalue weighted by Crippen LogP contribution is 2.30. The van der Waals surface area contributed by atoms with E-state index in [0.717, 1.165) is 40.0 Å². The third-order valence-electron chi connectivity index (χ3n) is 5.04. The number of morpholine rings is 1. The first-order chi connectivity index (χ1) is 14.1. The molecule has 5 nitrogen and oxygen atoms in total. The number of nitrogens with zero attached hydrogens (tertiary/aromatic N) is 2. The fraction of sp³-hybridized carbons (Fsp3) is 0.304. The monoisotopic (exact) mass is 407 g/mol. The molecule has 4 rings (SSSR count). The number of benzene rings is 2. The zero-order valence-electron chi connectivity index (χ0n) is 16.7. The van der Waals surface area contributed by atoms with E-state index in [1.807, 2.05) is 25.1 Å². The molecule has 2 heterocycles. The number of carbonyl (C=O) groups excluding carboxylic acids is 1. The Labute approximate surface area is 175 Å². The largest absolute Gasteiger partial charge is 0.377 e. The predicted octanol–water partition coefficient (Wildman–Crippen LogP) is 4.85. The normalized spacial score (nSPS) is 16.6. The number of aromatic nitrogens is 1. The van der Waals surface area contributed by atoms with E-state index in [1.165, 1.54) is 16.9 Å². The van der Waals surface area contributed by atoms with Gasteiger partial charge in [-0.15, -0.1) is 0 Å².